The fourth-order valence-electron chi connectivity index (χ4n) is 4.32. The number of benzene rings is 3. The molecule has 3 aromatic carbocycles. The summed E-state index contributed by atoms with van der Waals surface area (Å²) in [4.78, 5) is 29.7. The van der Waals surface area contributed by atoms with Crippen LogP contribution in [0.25, 0.3) is 0 Å². The SMILES string of the molecule is O=C(CC1C(=O)N(CCc2ccccc2)C(=S)N1Cc1ccc2c(c1)OCO2)Nc1ccc(F)cc1. The zero-order chi connectivity index (χ0) is 25.1. The minimum Gasteiger partial charge on any atom is -0.454 e. The van der Waals surface area contributed by atoms with Crippen LogP contribution in [-0.2, 0) is 22.6 Å². The maximum atomic E-state index is 13.5. The van der Waals surface area contributed by atoms with Crippen molar-refractivity contribution in [1.82, 2.24) is 9.80 Å². The second-order valence-corrected chi connectivity index (χ2v) is 8.96. The average Bonchev–Trinajstić information content (AvgIpc) is 3.43. The number of amides is 2. The number of hydrogen-bond donors (Lipinski definition) is 1. The monoisotopic (exact) mass is 505 g/mol. The summed E-state index contributed by atoms with van der Waals surface area (Å²) in [6.45, 7) is 0.909. The molecule has 1 atom stereocenters. The molecule has 5 rings (SSSR count). The largest absolute Gasteiger partial charge is 0.454 e. The highest BCUT2D eigenvalue weighted by Crippen LogP contribution is 2.34. The van der Waals surface area contributed by atoms with Gasteiger partial charge >= 0.3 is 0 Å². The lowest BCUT2D eigenvalue weighted by molar-refractivity contribution is -0.130. The van der Waals surface area contributed by atoms with E-state index in [0.717, 1.165) is 11.1 Å². The summed E-state index contributed by atoms with van der Waals surface area (Å²) in [6, 6.07) is 20.1. The van der Waals surface area contributed by atoms with Gasteiger partial charge in [-0.1, -0.05) is 36.4 Å². The second-order valence-electron chi connectivity index (χ2n) is 8.60. The van der Waals surface area contributed by atoms with Gasteiger partial charge in [-0.25, -0.2) is 4.39 Å². The molecule has 2 aliphatic heterocycles. The number of rotatable bonds is 8. The topological polar surface area (TPSA) is 71.1 Å². The summed E-state index contributed by atoms with van der Waals surface area (Å²) in [5.74, 6) is 0.330. The molecule has 7 nitrogen and oxygen atoms in total. The number of hydrogen-bond acceptors (Lipinski definition) is 5. The van der Waals surface area contributed by atoms with Crippen molar-refractivity contribution in [3.63, 3.8) is 0 Å². The van der Waals surface area contributed by atoms with E-state index in [4.69, 9.17) is 21.7 Å². The van der Waals surface area contributed by atoms with Crippen molar-refractivity contribution in [2.24, 2.45) is 0 Å². The lowest BCUT2D eigenvalue weighted by Crippen LogP contribution is -2.37. The first-order chi connectivity index (χ1) is 17.5. The van der Waals surface area contributed by atoms with E-state index in [9.17, 15) is 14.0 Å². The van der Waals surface area contributed by atoms with Gasteiger partial charge in [-0.05, 0) is 66.2 Å². The standard InChI is InChI=1S/C27H24FN3O4S/c28-20-7-9-21(10-8-20)29-25(32)15-22-26(33)30(13-12-18-4-2-1-3-5-18)27(36)31(22)16-19-6-11-23-24(14-19)35-17-34-23/h1-11,14,22H,12-13,15-17H2,(H,29,32). The van der Waals surface area contributed by atoms with Crippen LogP contribution in [-0.4, -0.2) is 46.1 Å². The fourth-order valence-corrected chi connectivity index (χ4v) is 4.69. The lowest BCUT2D eigenvalue weighted by atomic mass is 10.1. The Hall–Kier alpha value is -3.98. The summed E-state index contributed by atoms with van der Waals surface area (Å²) in [5.41, 5.74) is 2.42. The van der Waals surface area contributed by atoms with Gasteiger partial charge in [-0.15, -0.1) is 0 Å². The number of ether oxygens (including phenoxy) is 2. The molecule has 1 unspecified atom stereocenters. The van der Waals surface area contributed by atoms with Gasteiger partial charge in [0.1, 0.15) is 11.9 Å². The Balaban J connectivity index is 1.34. The molecule has 184 valence electrons. The predicted octanol–water partition coefficient (Wildman–Crippen LogP) is 4.12. The molecule has 0 bridgehead atoms. The van der Waals surface area contributed by atoms with Crippen molar-refractivity contribution in [2.45, 2.75) is 25.4 Å². The van der Waals surface area contributed by atoms with E-state index >= 15 is 0 Å². The van der Waals surface area contributed by atoms with Crippen LogP contribution in [0.3, 0.4) is 0 Å². The van der Waals surface area contributed by atoms with Crippen molar-refractivity contribution < 1.29 is 23.5 Å². The lowest BCUT2D eigenvalue weighted by Gasteiger charge is -2.24. The van der Waals surface area contributed by atoms with Crippen molar-refractivity contribution in [2.75, 3.05) is 18.7 Å². The first-order valence-corrected chi connectivity index (χ1v) is 12.0. The average molecular weight is 506 g/mol. The number of nitrogens with one attached hydrogen (secondary N) is 1. The molecule has 0 aromatic heterocycles. The molecule has 0 spiro atoms. The smallest absolute Gasteiger partial charge is 0.252 e. The Kier molecular flexibility index (Phi) is 6.81. The van der Waals surface area contributed by atoms with Crippen LogP contribution in [0.15, 0.2) is 72.8 Å². The number of nitrogens with zero attached hydrogens (tertiary/aromatic N) is 2. The molecule has 9 heteroatoms. The summed E-state index contributed by atoms with van der Waals surface area (Å²) < 4.78 is 24.1. The van der Waals surface area contributed by atoms with E-state index < -0.39 is 11.9 Å². The maximum absolute atomic E-state index is 13.5. The number of carbonyl (C=O) groups is 2. The van der Waals surface area contributed by atoms with E-state index in [-0.39, 0.29) is 25.0 Å². The third-order valence-corrected chi connectivity index (χ3v) is 6.62. The molecule has 1 N–H and O–H groups in total. The Labute approximate surface area is 213 Å². The Bertz CT molecular complexity index is 1290. The molecule has 2 heterocycles. The third-order valence-electron chi connectivity index (χ3n) is 6.17. The van der Waals surface area contributed by atoms with E-state index in [1.54, 1.807) is 9.80 Å². The van der Waals surface area contributed by atoms with Crippen LogP contribution in [0.1, 0.15) is 17.5 Å². The van der Waals surface area contributed by atoms with Crippen LogP contribution in [0.2, 0.25) is 0 Å². The predicted molar refractivity (Wildman–Crippen MR) is 136 cm³/mol. The van der Waals surface area contributed by atoms with Gasteiger partial charge in [0, 0.05) is 18.8 Å². The normalized spacial score (nSPS) is 16.5. The molecule has 2 amide bonds. The van der Waals surface area contributed by atoms with Crippen LogP contribution in [0.5, 0.6) is 11.5 Å². The molecule has 3 aromatic rings. The molecule has 0 radical (unpaired) electrons. The van der Waals surface area contributed by atoms with E-state index in [1.165, 1.54) is 24.3 Å². The fraction of sp³-hybridized carbons (Fsp3) is 0.222. The van der Waals surface area contributed by atoms with Crippen LogP contribution in [0.4, 0.5) is 10.1 Å². The van der Waals surface area contributed by atoms with Crippen molar-refractivity contribution in [3.8, 4) is 11.5 Å². The number of carbonyl (C=O) groups excluding carboxylic acids is 2. The van der Waals surface area contributed by atoms with Crippen molar-refractivity contribution in [3.05, 3.63) is 89.7 Å². The van der Waals surface area contributed by atoms with Gasteiger partial charge in [0.2, 0.25) is 12.7 Å². The number of halogens is 1. The van der Waals surface area contributed by atoms with Gasteiger partial charge in [0.15, 0.2) is 16.6 Å². The highest BCUT2D eigenvalue weighted by molar-refractivity contribution is 7.80. The Morgan fingerprint density at radius 1 is 1.00 bits per heavy atom. The molecule has 1 fully saturated rings. The molecule has 1 saturated heterocycles. The minimum atomic E-state index is -0.765. The molecule has 0 saturated carbocycles. The molecular formula is C27H24FN3O4S. The van der Waals surface area contributed by atoms with Crippen molar-refractivity contribution in [1.29, 1.82) is 0 Å². The van der Waals surface area contributed by atoms with Gasteiger partial charge in [0.25, 0.3) is 5.91 Å². The van der Waals surface area contributed by atoms with Gasteiger partial charge < -0.3 is 19.7 Å². The van der Waals surface area contributed by atoms with Crippen LogP contribution < -0.4 is 14.8 Å². The number of anilines is 1. The first-order valence-electron chi connectivity index (χ1n) is 11.6. The highest BCUT2D eigenvalue weighted by Gasteiger charge is 2.43. The van der Waals surface area contributed by atoms with Crippen molar-refractivity contribution >= 4 is 34.8 Å². The molecule has 2 aliphatic rings. The van der Waals surface area contributed by atoms with Gasteiger partial charge in [-0.2, -0.15) is 0 Å². The summed E-state index contributed by atoms with van der Waals surface area (Å²) >= 11 is 5.73. The zero-order valence-electron chi connectivity index (χ0n) is 19.4. The molecular weight excluding hydrogens is 481 g/mol. The van der Waals surface area contributed by atoms with E-state index in [2.05, 4.69) is 5.32 Å². The van der Waals surface area contributed by atoms with Gasteiger partial charge in [-0.3, -0.25) is 14.5 Å². The van der Waals surface area contributed by atoms with E-state index in [0.29, 0.717) is 41.8 Å². The highest BCUT2D eigenvalue weighted by atomic mass is 32.1. The zero-order valence-corrected chi connectivity index (χ0v) is 20.2. The maximum Gasteiger partial charge on any atom is 0.252 e. The quantitative estimate of drug-likeness (QED) is 0.465. The Morgan fingerprint density at radius 3 is 2.53 bits per heavy atom. The van der Waals surface area contributed by atoms with Gasteiger partial charge in [0.05, 0.1) is 6.42 Å². The third kappa shape index (κ3) is 5.16. The van der Waals surface area contributed by atoms with Crippen LogP contribution >= 0.6 is 12.2 Å². The molecule has 36 heavy (non-hydrogen) atoms. The minimum absolute atomic E-state index is 0.0945. The Morgan fingerprint density at radius 2 is 1.75 bits per heavy atom. The summed E-state index contributed by atoms with van der Waals surface area (Å²) in [6.07, 6.45) is 0.543. The second kappa shape index (κ2) is 10.3. The number of fused-ring (bicyclic) bond motifs is 1. The van der Waals surface area contributed by atoms with E-state index in [1.807, 2.05) is 48.5 Å². The molecule has 0 aliphatic carbocycles. The summed E-state index contributed by atoms with van der Waals surface area (Å²) in [7, 11) is 0. The first kappa shape index (κ1) is 23.7. The van der Waals surface area contributed by atoms with Crippen LogP contribution in [0, 0.1) is 5.82 Å². The number of thiocarbonyl (C=S) groups is 1. The summed E-state index contributed by atoms with van der Waals surface area (Å²) in [5, 5.41) is 3.12.